The number of benzene rings is 3. The third-order valence-corrected chi connectivity index (χ3v) is 7.49. The number of amides is 1. The van der Waals surface area contributed by atoms with E-state index in [2.05, 4.69) is 99.8 Å². The molecule has 1 aliphatic heterocycles. The minimum absolute atomic E-state index is 0.0624. The van der Waals surface area contributed by atoms with Crippen LogP contribution in [-0.4, -0.2) is 28.6 Å². The summed E-state index contributed by atoms with van der Waals surface area (Å²) in [5, 5.41) is 0. The third kappa shape index (κ3) is 5.27. The van der Waals surface area contributed by atoms with Crippen molar-refractivity contribution in [2.45, 2.75) is 65.3 Å². The molecule has 0 saturated carbocycles. The van der Waals surface area contributed by atoms with Crippen LogP contribution in [-0.2, 0) is 16.8 Å². The van der Waals surface area contributed by atoms with E-state index in [1.54, 1.807) is 0 Å². The predicted molar refractivity (Wildman–Crippen MR) is 151 cm³/mol. The maximum absolute atomic E-state index is 13.1. The van der Waals surface area contributed by atoms with Crippen LogP contribution in [0.25, 0.3) is 11.0 Å². The van der Waals surface area contributed by atoms with Gasteiger partial charge in [0.2, 0.25) is 5.91 Å². The van der Waals surface area contributed by atoms with E-state index in [1.807, 2.05) is 11.0 Å². The summed E-state index contributed by atoms with van der Waals surface area (Å²) in [6.07, 6.45) is 1.34. The molecule has 0 spiro atoms. The van der Waals surface area contributed by atoms with E-state index in [1.165, 1.54) is 16.7 Å². The highest BCUT2D eigenvalue weighted by atomic mass is 16.5. The SMILES string of the molecule is Cc1ccc(N2CC(c3nc4ccccc4n3CCCOc3ccc(C(C)(C)C)cc3)CC2=O)cc1C. The van der Waals surface area contributed by atoms with Gasteiger partial charge in [-0.1, -0.05) is 51.1 Å². The smallest absolute Gasteiger partial charge is 0.227 e. The molecular weight excluding hydrogens is 458 g/mol. The van der Waals surface area contributed by atoms with Crippen LogP contribution in [0.15, 0.2) is 66.7 Å². The summed E-state index contributed by atoms with van der Waals surface area (Å²) in [5.41, 5.74) is 6.94. The molecule has 5 heteroatoms. The summed E-state index contributed by atoms with van der Waals surface area (Å²) in [4.78, 5) is 20.0. The van der Waals surface area contributed by atoms with Gasteiger partial charge < -0.3 is 14.2 Å². The van der Waals surface area contributed by atoms with Crippen molar-refractivity contribution in [3.05, 3.63) is 89.2 Å². The predicted octanol–water partition coefficient (Wildman–Crippen LogP) is 6.94. The van der Waals surface area contributed by atoms with E-state index in [0.29, 0.717) is 19.6 Å². The summed E-state index contributed by atoms with van der Waals surface area (Å²) in [7, 11) is 0. The molecule has 4 aromatic rings. The van der Waals surface area contributed by atoms with E-state index in [-0.39, 0.29) is 17.2 Å². The topological polar surface area (TPSA) is 47.4 Å². The molecule has 0 radical (unpaired) electrons. The van der Waals surface area contributed by atoms with Crippen molar-refractivity contribution in [2.24, 2.45) is 0 Å². The molecule has 5 nitrogen and oxygen atoms in total. The number of imidazole rings is 1. The van der Waals surface area contributed by atoms with Gasteiger partial charge in [-0.3, -0.25) is 4.79 Å². The zero-order valence-electron chi connectivity index (χ0n) is 22.6. The maximum atomic E-state index is 13.1. The fourth-order valence-corrected chi connectivity index (χ4v) is 5.13. The molecule has 0 N–H and O–H groups in total. The van der Waals surface area contributed by atoms with Crippen LogP contribution >= 0.6 is 0 Å². The second kappa shape index (κ2) is 10.0. The fraction of sp³-hybridized carbons (Fsp3) is 0.375. The van der Waals surface area contributed by atoms with Crippen molar-refractivity contribution in [1.82, 2.24) is 9.55 Å². The lowest BCUT2D eigenvalue weighted by Gasteiger charge is -2.19. The Morgan fingerprint density at radius 1 is 0.973 bits per heavy atom. The van der Waals surface area contributed by atoms with Gasteiger partial charge >= 0.3 is 0 Å². The first-order valence-electron chi connectivity index (χ1n) is 13.3. The standard InChI is InChI=1S/C32H37N3O2/c1-22-11-14-26(19-23(22)2)35-21-24(20-30(35)36)31-33-28-9-6-7-10-29(28)34(31)17-8-18-37-27-15-12-25(13-16-27)32(3,4)5/h6-7,9-16,19,24H,8,17-18,20-21H2,1-5H3. The van der Waals surface area contributed by atoms with Crippen LogP contribution in [0, 0.1) is 13.8 Å². The molecule has 1 amide bonds. The quantitative estimate of drug-likeness (QED) is 0.261. The van der Waals surface area contributed by atoms with Gasteiger partial charge in [0.05, 0.1) is 17.6 Å². The van der Waals surface area contributed by atoms with Crippen LogP contribution < -0.4 is 9.64 Å². The lowest BCUT2D eigenvalue weighted by atomic mass is 9.87. The number of carbonyl (C=O) groups is 1. The van der Waals surface area contributed by atoms with Gasteiger partial charge in [-0.15, -0.1) is 0 Å². The van der Waals surface area contributed by atoms with E-state index in [9.17, 15) is 4.79 Å². The molecule has 1 fully saturated rings. The Morgan fingerprint density at radius 2 is 1.73 bits per heavy atom. The number of para-hydroxylation sites is 2. The number of aryl methyl sites for hydroxylation is 3. The molecule has 1 saturated heterocycles. The lowest BCUT2D eigenvalue weighted by Crippen LogP contribution is -2.24. The summed E-state index contributed by atoms with van der Waals surface area (Å²) in [5.74, 6) is 2.12. The normalized spacial score (nSPS) is 16.1. The molecular formula is C32H37N3O2. The van der Waals surface area contributed by atoms with Crippen LogP contribution in [0.4, 0.5) is 5.69 Å². The van der Waals surface area contributed by atoms with Crippen LogP contribution in [0.2, 0.25) is 0 Å². The number of nitrogens with zero attached hydrogens (tertiary/aromatic N) is 3. The molecule has 0 bridgehead atoms. The van der Waals surface area contributed by atoms with Crippen molar-refractivity contribution >= 4 is 22.6 Å². The van der Waals surface area contributed by atoms with Gasteiger partial charge in [0.15, 0.2) is 0 Å². The van der Waals surface area contributed by atoms with Crippen molar-refractivity contribution in [1.29, 1.82) is 0 Å². The first-order valence-corrected chi connectivity index (χ1v) is 13.3. The highest BCUT2D eigenvalue weighted by Crippen LogP contribution is 2.34. The third-order valence-electron chi connectivity index (χ3n) is 7.49. The van der Waals surface area contributed by atoms with Gasteiger partial charge in [0.1, 0.15) is 11.6 Å². The molecule has 1 atom stereocenters. The summed E-state index contributed by atoms with van der Waals surface area (Å²) in [6, 6.07) is 22.9. The van der Waals surface area contributed by atoms with E-state index < -0.39 is 0 Å². The number of rotatable bonds is 7. The van der Waals surface area contributed by atoms with Crippen molar-refractivity contribution in [3.8, 4) is 5.75 Å². The van der Waals surface area contributed by atoms with E-state index >= 15 is 0 Å². The Hall–Kier alpha value is -3.60. The van der Waals surface area contributed by atoms with Gasteiger partial charge in [0.25, 0.3) is 0 Å². The average Bonchev–Trinajstić information content (AvgIpc) is 3.44. The summed E-state index contributed by atoms with van der Waals surface area (Å²) in [6.45, 7) is 12.9. The number of anilines is 1. The monoisotopic (exact) mass is 495 g/mol. The highest BCUT2D eigenvalue weighted by Gasteiger charge is 2.35. The molecule has 0 aliphatic carbocycles. The Kier molecular flexibility index (Phi) is 6.80. The first kappa shape index (κ1) is 25.1. The number of aromatic nitrogens is 2. The Bertz CT molecular complexity index is 1410. The van der Waals surface area contributed by atoms with E-state index in [0.717, 1.165) is 41.3 Å². The molecule has 3 aromatic carbocycles. The number of hydrogen-bond acceptors (Lipinski definition) is 3. The zero-order valence-corrected chi connectivity index (χ0v) is 22.6. The maximum Gasteiger partial charge on any atom is 0.227 e. The van der Waals surface area contributed by atoms with Gasteiger partial charge in [-0.05, 0) is 78.8 Å². The Balaban J connectivity index is 1.30. The minimum Gasteiger partial charge on any atom is -0.494 e. The zero-order chi connectivity index (χ0) is 26.2. The van der Waals surface area contributed by atoms with Crippen molar-refractivity contribution < 1.29 is 9.53 Å². The van der Waals surface area contributed by atoms with Gasteiger partial charge in [-0.2, -0.15) is 0 Å². The first-order chi connectivity index (χ1) is 17.7. The molecule has 5 rings (SSSR count). The summed E-state index contributed by atoms with van der Waals surface area (Å²) < 4.78 is 8.36. The van der Waals surface area contributed by atoms with Gasteiger partial charge in [0, 0.05) is 31.1 Å². The number of hydrogen-bond donors (Lipinski definition) is 0. The van der Waals surface area contributed by atoms with Crippen LogP contribution in [0.1, 0.15) is 62.0 Å². The lowest BCUT2D eigenvalue weighted by molar-refractivity contribution is -0.117. The number of ether oxygens (including phenoxy) is 1. The molecule has 37 heavy (non-hydrogen) atoms. The largest absolute Gasteiger partial charge is 0.494 e. The minimum atomic E-state index is 0.0624. The summed E-state index contributed by atoms with van der Waals surface area (Å²) >= 11 is 0. The molecule has 2 heterocycles. The average molecular weight is 496 g/mol. The number of fused-ring (bicyclic) bond motifs is 1. The molecule has 1 aliphatic rings. The molecule has 1 unspecified atom stereocenters. The van der Waals surface area contributed by atoms with Gasteiger partial charge in [-0.25, -0.2) is 4.98 Å². The van der Waals surface area contributed by atoms with Crippen LogP contribution in [0.3, 0.4) is 0 Å². The highest BCUT2D eigenvalue weighted by molar-refractivity contribution is 5.96. The second-order valence-corrected chi connectivity index (χ2v) is 11.3. The molecule has 1 aromatic heterocycles. The van der Waals surface area contributed by atoms with Crippen molar-refractivity contribution in [2.75, 3.05) is 18.1 Å². The van der Waals surface area contributed by atoms with Crippen LogP contribution in [0.5, 0.6) is 5.75 Å². The van der Waals surface area contributed by atoms with E-state index in [4.69, 9.17) is 9.72 Å². The Labute approximate surface area is 220 Å². The second-order valence-electron chi connectivity index (χ2n) is 11.3. The molecule has 192 valence electrons. The fourth-order valence-electron chi connectivity index (χ4n) is 5.13. The number of carbonyl (C=O) groups excluding carboxylic acids is 1. The Morgan fingerprint density at radius 3 is 2.46 bits per heavy atom. The van der Waals surface area contributed by atoms with Crippen molar-refractivity contribution in [3.63, 3.8) is 0 Å².